The number of nitrogens with one attached hydrogen (secondary N) is 1. The maximum atomic E-state index is 13.6. The molecule has 1 nitrogen and oxygen atoms in total. The molecule has 1 atom stereocenters. The van der Waals surface area contributed by atoms with Crippen molar-refractivity contribution in [3.05, 3.63) is 34.6 Å². The van der Waals surface area contributed by atoms with Crippen LogP contribution in [-0.4, -0.2) is 13.1 Å². The Bertz CT molecular complexity index is 346. The Morgan fingerprint density at radius 3 is 2.93 bits per heavy atom. The first kappa shape index (κ1) is 9.66. The number of halogens is 1. The van der Waals surface area contributed by atoms with Crippen molar-refractivity contribution in [3.63, 3.8) is 0 Å². The van der Waals surface area contributed by atoms with Gasteiger partial charge in [0.2, 0.25) is 0 Å². The molecule has 1 aliphatic rings. The molecule has 0 saturated heterocycles. The highest BCUT2D eigenvalue weighted by Gasteiger charge is 2.20. The van der Waals surface area contributed by atoms with Crippen molar-refractivity contribution in [3.8, 4) is 0 Å². The van der Waals surface area contributed by atoms with E-state index < -0.39 is 0 Å². The molecule has 0 fully saturated rings. The van der Waals surface area contributed by atoms with Crippen LogP contribution in [0.15, 0.2) is 12.1 Å². The smallest absolute Gasteiger partial charge is 0.126 e. The molecule has 0 aromatic heterocycles. The first-order chi connectivity index (χ1) is 6.70. The third kappa shape index (κ3) is 1.67. The summed E-state index contributed by atoms with van der Waals surface area (Å²) in [6, 6.07) is 4.20. The van der Waals surface area contributed by atoms with E-state index in [1.54, 1.807) is 6.07 Å². The Kier molecular flexibility index (Phi) is 2.55. The molecule has 2 rings (SSSR count). The van der Waals surface area contributed by atoms with Crippen LogP contribution in [0.25, 0.3) is 0 Å². The molecular weight excluding hydrogens is 177 g/mol. The number of aryl methyl sites for hydroxylation is 2. The fourth-order valence-corrected chi connectivity index (χ4v) is 2.22. The van der Waals surface area contributed by atoms with Crippen LogP contribution in [0, 0.1) is 12.7 Å². The van der Waals surface area contributed by atoms with E-state index in [1.165, 1.54) is 5.56 Å². The molecule has 0 heterocycles. The molecule has 0 aliphatic heterocycles. The molecule has 76 valence electrons. The van der Waals surface area contributed by atoms with Crippen molar-refractivity contribution in [1.29, 1.82) is 0 Å². The highest BCUT2D eigenvalue weighted by molar-refractivity contribution is 5.35. The first-order valence-corrected chi connectivity index (χ1v) is 5.16. The molecule has 0 saturated carbocycles. The quantitative estimate of drug-likeness (QED) is 0.721. The highest BCUT2D eigenvalue weighted by Crippen LogP contribution is 2.25. The van der Waals surface area contributed by atoms with E-state index in [0.29, 0.717) is 6.04 Å². The summed E-state index contributed by atoms with van der Waals surface area (Å²) in [4.78, 5) is 0. The van der Waals surface area contributed by atoms with Crippen LogP contribution in [0.3, 0.4) is 0 Å². The van der Waals surface area contributed by atoms with E-state index >= 15 is 0 Å². The lowest BCUT2D eigenvalue weighted by Gasteiger charge is -2.24. The predicted molar refractivity (Wildman–Crippen MR) is 56.0 cm³/mol. The van der Waals surface area contributed by atoms with Crippen LogP contribution in [0.5, 0.6) is 0 Å². The van der Waals surface area contributed by atoms with E-state index in [4.69, 9.17) is 0 Å². The van der Waals surface area contributed by atoms with E-state index in [-0.39, 0.29) is 5.82 Å². The second-order valence-electron chi connectivity index (χ2n) is 4.11. The number of likely N-dealkylation sites (N-methyl/N-ethyl adjacent to an activating group) is 1. The zero-order valence-corrected chi connectivity index (χ0v) is 8.73. The Morgan fingerprint density at radius 2 is 2.21 bits per heavy atom. The third-order valence-corrected chi connectivity index (χ3v) is 3.05. The summed E-state index contributed by atoms with van der Waals surface area (Å²) in [6.07, 6.45) is 2.95. The molecule has 1 aliphatic carbocycles. The molecule has 0 spiro atoms. The van der Waals surface area contributed by atoms with E-state index in [2.05, 4.69) is 11.4 Å². The summed E-state index contributed by atoms with van der Waals surface area (Å²) in [7, 11) is 1.95. The number of hydrogen-bond donors (Lipinski definition) is 1. The van der Waals surface area contributed by atoms with Gasteiger partial charge in [0, 0.05) is 6.04 Å². The summed E-state index contributed by atoms with van der Waals surface area (Å²) in [5.41, 5.74) is 3.15. The second-order valence-corrected chi connectivity index (χ2v) is 4.11. The lowest BCUT2D eigenvalue weighted by molar-refractivity contribution is 0.476. The molecule has 0 bridgehead atoms. The largest absolute Gasteiger partial charge is 0.317 e. The average molecular weight is 193 g/mol. The van der Waals surface area contributed by atoms with Gasteiger partial charge in [-0.2, -0.15) is 0 Å². The summed E-state index contributed by atoms with van der Waals surface area (Å²) >= 11 is 0. The standard InChI is InChI=1S/C12H16FN/c1-8-5-9-3-4-10(14-2)7-11(9)12(13)6-8/h5-6,10,14H,3-4,7H2,1-2H3. The maximum absolute atomic E-state index is 13.6. The Balaban J connectivity index is 2.37. The number of hydrogen-bond acceptors (Lipinski definition) is 1. The van der Waals surface area contributed by atoms with Crippen LogP contribution < -0.4 is 5.32 Å². The SMILES string of the molecule is CNC1CCc2cc(C)cc(F)c2C1. The Hall–Kier alpha value is -0.890. The molecule has 1 N–H and O–H groups in total. The molecule has 0 radical (unpaired) electrons. The number of benzene rings is 1. The summed E-state index contributed by atoms with van der Waals surface area (Å²) < 4.78 is 13.6. The fraction of sp³-hybridized carbons (Fsp3) is 0.500. The van der Waals surface area contributed by atoms with Crippen molar-refractivity contribution in [2.75, 3.05) is 7.05 Å². The van der Waals surface area contributed by atoms with E-state index in [9.17, 15) is 4.39 Å². The van der Waals surface area contributed by atoms with Crippen LogP contribution in [0.4, 0.5) is 4.39 Å². The molecule has 14 heavy (non-hydrogen) atoms. The van der Waals surface area contributed by atoms with Crippen molar-refractivity contribution in [2.45, 2.75) is 32.2 Å². The summed E-state index contributed by atoms with van der Waals surface area (Å²) in [6.45, 7) is 1.95. The van der Waals surface area contributed by atoms with Crippen LogP contribution in [0.2, 0.25) is 0 Å². The lowest BCUT2D eigenvalue weighted by atomic mass is 9.87. The zero-order valence-electron chi connectivity index (χ0n) is 8.73. The molecule has 0 amide bonds. The predicted octanol–water partition coefficient (Wildman–Crippen LogP) is 2.21. The minimum Gasteiger partial charge on any atom is -0.317 e. The van der Waals surface area contributed by atoms with Crippen molar-refractivity contribution in [1.82, 2.24) is 5.32 Å². The van der Waals surface area contributed by atoms with Gasteiger partial charge in [-0.25, -0.2) is 4.39 Å². The van der Waals surface area contributed by atoms with Gasteiger partial charge >= 0.3 is 0 Å². The molecule has 1 unspecified atom stereocenters. The molecule has 1 aromatic rings. The molecule has 2 heteroatoms. The van der Waals surface area contributed by atoms with Gasteiger partial charge in [-0.05, 0) is 56.0 Å². The molecular formula is C12H16FN. The minimum absolute atomic E-state index is 0.0278. The average Bonchev–Trinajstić information content (AvgIpc) is 2.17. The third-order valence-electron chi connectivity index (χ3n) is 3.05. The summed E-state index contributed by atoms with van der Waals surface area (Å²) in [5, 5.41) is 3.22. The van der Waals surface area contributed by atoms with Crippen molar-refractivity contribution < 1.29 is 4.39 Å². The fourth-order valence-electron chi connectivity index (χ4n) is 2.22. The monoisotopic (exact) mass is 193 g/mol. The first-order valence-electron chi connectivity index (χ1n) is 5.16. The maximum Gasteiger partial charge on any atom is 0.126 e. The van der Waals surface area contributed by atoms with Crippen LogP contribution >= 0.6 is 0 Å². The van der Waals surface area contributed by atoms with Crippen LogP contribution in [-0.2, 0) is 12.8 Å². The van der Waals surface area contributed by atoms with Gasteiger partial charge in [0.15, 0.2) is 0 Å². The zero-order chi connectivity index (χ0) is 10.1. The lowest BCUT2D eigenvalue weighted by Crippen LogP contribution is -2.32. The number of rotatable bonds is 1. The van der Waals surface area contributed by atoms with Gasteiger partial charge in [0.05, 0.1) is 0 Å². The highest BCUT2D eigenvalue weighted by atomic mass is 19.1. The van der Waals surface area contributed by atoms with E-state index in [1.807, 2.05) is 14.0 Å². The normalized spacial score (nSPS) is 20.6. The summed E-state index contributed by atoms with van der Waals surface area (Å²) in [5.74, 6) is -0.0278. The van der Waals surface area contributed by atoms with Crippen molar-refractivity contribution >= 4 is 0 Å². The van der Waals surface area contributed by atoms with Gasteiger partial charge in [0.1, 0.15) is 5.82 Å². The Morgan fingerprint density at radius 1 is 1.43 bits per heavy atom. The van der Waals surface area contributed by atoms with Crippen LogP contribution in [0.1, 0.15) is 23.1 Å². The second kappa shape index (κ2) is 3.70. The minimum atomic E-state index is -0.0278. The van der Waals surface area contributed by atoms with Crippen molar-refractivity contribution in [2.24, 2.45) is 0 Å². The van der Waals surface area contributed by atoms with Gasteiger partial charge in [0.25, 0.3) is 0 Å². The van der Waals surface area contributed by atoms with Gasteiger partial charge in [-0.1, -0.05) is 6.07 Å². The van der Waals surface area contributed by atoms with Gasteiger partial charge in [-0.15, -0.1) is 0 Å². The van der Waals surface area contributed by atoms with E-state index in [0.717, 1.165) is 30.4 Å². The Labute approximate surface area is 84.3 Å². The number of fused-ring (bicyclic) bond motifs is 1. The topological polar surface area (TPSA) is 12.0 Å². The molecule has 1 aromatic carbocycles. The van der Waals surface area contributed by atoms with Gasteiger partial charge in [-0.3, -0.25) is 0 Å². The van der Waals surface area contributed by atoms with Gasteiger partial charge < -0.3 is 5.32 Å².